The fourth-order valence-electron chi connectivity index (χ4n) is 4.34. The lowest BCUT2D eigenvalue weighted by molar-refractivity contribution is 0.0641. The van der Waals surface area contributed by atoms with Crippen molar-refractivity contribution in [1.29, 1.82) is 0 Å². The van der Waals surface area contributed by atoms with Gasteiger partial charge in [-0.3, -0.25) is 24.0 Å². The van der Waals surface area contributed by atoms with Crippen molar-refractivity contribution in [2.45, 2.75) is 5.16 Å². The summed E-state index contributed by atoms with van der Waals surface area (Å²) >= 11 is 1.27. The lowest BCUT2D eigenvalue weighted by Gasteiger charge is -2.26. The molecule has 5 aromatic rings. The molecule has 0 bridgehead atoms. The van der Waals surface area contributed by atoms with Crippen molar-refractivity contribution in [2.75, 3.05) is 13.0 Å². The normalized spacial score (nSPS) is 12.9. The zero-order valence-electron chi connectivity index (χ0n) is 19.2. The first-order valence-electron chi connectivity index (χ1n) is 11.2. The average molecular weight is 494 g/mol. The maximum Gasteiger partial charge on any atom is 0.262 e. The number of pyridine rings is 1. The second kappa shape index (κ2) is 8.94. The third-order valence-corrected chi connectivity index (χ3v) is 6.99. The Bertz CT molecular complexity index is 1570. The van der Waals surface area contributed by atoms with Crippen molar-refractivity contribution in [3.05, 3.63) is 96.3 Å². The van der Waals surface area contributed by atoms with Crippen molar-refractivity contribution >= 4 is 34.3 Å². The Labute approximate surface area is 210 Å². The molecule has 0 N–H and O–H groups in total. The van der Waals surface area contributed by atoms with E-state index in [1.54, 1.807) is 31.6 Å². The molecule has 0 aliphatic carbocycles. The minimum atomic E-state index is -0.318. The first kappa shape index (κ1) is 22.0. The highest BCUT2D eigenvalue weighted by molar-refractivity contribution is 7.99. The van der Waals surface area contributed by atoms with Crippen LogP contribution in [0.1, 0.15) is 20.7 Å². The van der Waals surface area contributed by atoms with E-state index in [0.717, 1.165) is 22.4 Å². The largest absolute Gasteiger partial charge is 0.497 e. The topological polar surface area (TPSA) is 90.2 Å². The molecule has 36 heavy (non-hydrogen) atoms. The third-order valence-electron chi connectivity index (χ3n) is 6.08. The smallest absolute Gasteiger partial charge is 0.262 e. The van der Waals surface area contributed by atoms with Gasteiger partial charge in [0.05, 0.1) is 13.0 Å². The van der Waals surface area contributed by atoms with Crippen LogP contribution < -0.4 is 4.74 Å². The molecular formula is C27H19N5O3S. The lowest BCUT2D eigenvalue weighted by atomic mass is 9.94. The molecule has 1 aliphatic heterocycles. The van der Waals surface area contributed by atoms with E-state index in [1.807, 2.05) is 65.2 Å². The Morgan fingerprint density at radius 2 is 1.50 bits per heavy atom. The number of carbonyl (C=O) groups is 2. The number of hydrogen-bond donors (Lipinski definition) is 0. The summed E-state index contributed by atoms with van der Waals surface area (Å²) in [5.74, 6) is 0.802. The van der Waals surface area contributed by atoms with Gasteiger partial charge in [-0.25, -0.2) is 0 Å². The average Bonchev–Trinajstić information content (AvgIpc) is 3.36. The predicted octanol–water partition coefficient (Wildman–Crippen LogP) is 4.84. The number of hydrogen-bond acceptors (Lipinski definition) is 7. The molecule has 6 rings (SSSR count). The Kier molecular flexibility index (Phi) is 5.46. The van der Waals surface area contributed by atoms with Gasteiger partial charge in [-0.15, -0.1) is 10.2 Å². The molecule has 2 aromatic heterocycles. The van der Waals surface area contributed by atoms with Crippen LogP contribution in [0.5, 0.6) is 5.75 Å². The fraction of sp³-hybridized carbons (Fsp3) is 0.0741. The number of thioether (sulfide) groups is 1. The van der Waals surface area contributed by atoms with Crippen molar-refractivity contribution in [3.8, 4) is 22.8 Å². The summed E-state index contributed by atoms with van der Waals surface area (Å²) in [7, 11) is 1.61. The number of nitrogens with zero attached hydrogens (tertiary/aromatic N) is 5. The van der Waals surface area contributed by atoms with E-state index >= 15 is 0 Å². The Hall–Kier alpha value is -4.50. The van der Waals surface area contributed by atoms with Crippen molar-refractivity contribution in [3.63, 3.8) is 0 Å². The SMILES string of the molecule is COc1ccc(-n2c(SCN3C(=O)c4cccc5cccc(c45)C3=O)nnc2-c2ccncc2)cc1. The van der Waals surface area contributed by atoms with E-state index in [2.05, 4.69) is 15.2 Å². The number of amides is 2. The van der Waals surface area contributed by atoms with Gasteiger partial charge in [-0.1, -0.05) is 36.0 Å². The quantitative estimate of drug-likeness (QED) is 0.247. The Balaban J connectivity index is 1.36. The van der Waals surface area contributed by atoms with Crippen molar-refractivity contribution in [2.24, 2.45) is 0 Å². The molecule has 1 aliphatic rings. The molecule has 2 amide bonds. The first-order chi connectivity index (χ1) is 17.7. The molecular weight excluding hydrogens is 474 g/mol. The van der Waals surface area contributed by atoms with Crippen LogP contribution >= 0.6 is 11.8 Å². The fourth-order valence-corrected chi connectivity index (χ4v) is 5.23. The molecule has 0 fully saturated rings. The molecule has 8 nitrogen and oxygen atoms in total. The summed E-state index contributed by atoms with van der Waals surface area (Å²) in [4.78, 5) is 32.0. The molecule has 9 heteroatoms. The van der Waals surface area contributed by atoms with Gasteiger partial charge in [0, 0.05) is 40.2 Å². The monoisotopic (exact) mass is 493 g/mol. The molecule has 0 saturated carbocycles. The summed E-state index contributed by atoms with van der Waals surface area (Å²) < 4.78 is 7.19. The molecule has 176 valence electrons. The number of methoxy groups -OCH3 is 1. The standard InChI is InChI=1S/C27H19N5O3S/c1-35-20-10-8-19(9-11-20)32-24(18-12-14-28-15-13-18)29-30-27(32)36-16-31-25(33)21-6-2-4-17-5-3-7-22(23(17)21)26(31)34/h2-15H,16H2,1H3. The van der Waals surface area contributed by atoms with Gasteiger partial charge in [0.25, 0.3) is 11.8 Å². The molecule has 3 aromatic carbocycles. The third kappa shape index (κ3) is 3.61. The Morgan fingerprint density at radius 1 is 0.833 bits per heavy atom. The maximum atomic E-state index is 13.3. The van der Waals surface area contributed by atoms with Crippen LogP contribution in [0.15, 0.2) is 90.3 Å². The van der Waals surface area contributed by atoms with Crippen LogP contribution in [0.25, 0.3) is 27.8 Å². The molecule has 0 spiro atoms. The number of carbonyl (C=O) groups excluding carboxylic acids is 2. The summed E-state index contributed by atoms with van der Waals surface area (Å²) in [5.41, 5.74) is 2.71. The van der Waals surface area contributed by atoms with E-state index in [-0.39, 0.29) is 17.7 Å². The van der Waals surface area contributed by atoms with Crippen molar-refractivity contribution < 1.29 is 14.3 Å². The lowest BCUT2D eigenvalue weighted by Crippen LogP contribution is -2.40. The summed E-state index contributed by atoms with van der Waals surface area (Å²) in [6.45, 7) is 0. The van der Waals surface area contributed by atoms with Crippen LogP contribution in [0.2, 0.25) is 0 Å². The van der Waals surface area contributed by atoms with Gasteiger partial charge >= 0.3 is 0 Å². The second-order valence-electron chi connectivity index (χ2n) is 8.10. The minimum Gasteiger partial charge on any atom is -0.497 e. The van der Waals surface area contributed by atoms with Gasteiger partial charge in [0.2, 0.25) is 0 Å². The van der Waals surface area contributed by atoms with Crippen molar-refractivity contribution in [1.82, 2.24) is 24.6 Å². The van der Waals surface area contributed by atoms with Gasteiger partial charge < -0.3 is 4.74 Å². The number of ether oxygens (including phenoxy) is 1. The summed E-state index contributed by atoms with van der Waals surface area (Å²) in [6.07, 6.45) is 3.39. The van der Waals surface area contributed by atoms with Crippen LogP contribution in [-0.4, -0.2) is 49.4 Å². The summed E-state index contributed by atoms with van der Waals surface area (Å²) in [6, 6.07) is 22.3. The van der Waals surface area contributed by atoms with Gasteiger partial charge in [-0.05, 0) is 53.9 Å². The zero-order valence-corrected chi connectivity index (χ0v) is 20.0. The van der Waals surface area contributed by atoms with Crippen LogP contribution in [0.4, 0.5) is 0 Å². The van der Waals surface area contributed by atoms with Gasteiger partial charge in [0.15, 0.2) is 11.0 Å². The van der Waals surface area contributed by atoms with E-state index in [9.17, 15) is 9.59 Å². The van der Waals surface area contributed by atoms with E-state index in [4.69, 9.17) is 4.74 Å². The highest BCUT2D eigenvalue weighted by Gasteiger charge is 2.33. The predicted molar refractivity (Wildman–Crippen MR) is 136 cm³/mol. The minimum absolute atomic E-state index is 0.0903. The second-order valence-corrected chi connectivity index (χ2v) is 9.01. The van der Waals surface area contributed by atoms with E-state index in [0.29, 0.717) is 27.5 Å². The number of benzene rings is 3. The number of imide groups is 1. The maximum absolute atomic E-state index is 13.3. The van der Waals surface area contributed by atoms with E-state index < -0.39 is 0 Å². The molecule has 0 radical (unpaired) electrons. The number of aromatic nitrogens is 4. The summed E-state index contributed by atoms with van der Waals surface area (Å²) in [5, 5.41) is 11.0. The molecule has 0 unspecified atom stereocenters. The molecule has 0 atom stereocenters. The van der Waals surface area contributed by atoms with Gasteiger partial charge in [-0.2, -0.15) is 0 Å². The number of rotatable bonds is 6. The highest BCUT2D eigenvalue weighted by atomic mass is 32.2. The molecule has 3 heterocycles. The van der Waals surface area contributed by atoms with Crippen LogP contribution in [0, 0.1) is 0 Å². The first-order valence-corrected chi connectivity index (χ1v) is 12.2. The van der Waals surface area contributed by atoms with E-state index in [1.165, 1.54) is 16.7 Å². The van der Waals surface area contributed by atoms with Crippen LogP contribution in [0.3, 0.4) is 0 Å². The zero-order chi connectivity index (χ0) is 24.6. The van der Waals surface area contributed by atoms with Gasteiger partial charge in [0.1, 0.15) is 5.75 Å². The van der Waals surface area contributed by atoms with Crippen LogP contribution in [-0.2, 0) is 0 Å². The Morgan fingerprint density at radius 3 is 2.14 bits per heavy atom. The molecule has 0 saturated heterocycles. The highest BCUT2D eigenvalue weighted by Crippen LogP contribution is 2.33.